The monoisotopic (exact) mass is 362 g/mol. The molecule has 0 fully saturated rings. The van der Waals surface area contributed by atoms with Crippen molar-refractivity contribution in [2.24, 2.45) is 0 Å². The second kappa shape index (κ2) is 7.37. The molecule has 4 rings (SSSR count). The summed E-state index contributed by atoms with van der Waals surface area (Å²) in [6.07, 6.45) is 3.50. The fourth-order valence-electron chi connectivity index (χ4n) is 2.58. The van der Waals surface area contributed by atoms with E-state index >= 15 is 0 Å². The highest BCUT2D eigenvalue weighted by molar-refractivity contribution is 6.30. The first kappa shape index (κ1) is 16.3. The first-order valence-corrected chi connectivity index (χ1v) is 8.47. The Morgan fingerprint density at radius 2 is 1.69 bits per heavy atom. The molecule has 0 radical (unpaired) electrons. The highest BCUT2D eigenvalue weighted by Crippen LogP contribution is 2.30. The third-order valence-electron chi connectivity index (χ3n) is 3.86. The van der Waals surface area contributed by atoms with Crippen LogP contribution in [0, 0.1) is 0 Å². The molecule has 6 heteroatoms. The minimum Gasteiger partial charge on any atom is -0.471 e. The largest absolute Gasteiger partial charge is 0.471 e. The molecule has 0 amide bonds. The predicted molar refractivity (Wildman–Crippen MR) is 103 cm³/mol. The van der Waals surface area contributed by atoms with Crippen molar-refractivity contribution in [3.8, 4) is 5.88 Å². The number of ether oxygens (including phenoxy) is 1. The van der Waals surface area contributed by atoms with E-state index in [4.69, 9.17) is 16.3 Å². The second-order valence-electron chi connectivity index (χ2n) is 5.68. The average Bonchev–Trinajstić information content (AvgIpc) is 2.70. The molecule has 0 bridgehead atoms. The van der Waals surface area contributed by atoms with Crippen LogP contribution in [0.4, 0.5) is 11.5 Å². The molecule has 0 atom stereocenters. The van der Waals surface area contributed by atoms with Crippen molar-refractivity contribution in [2.75, 3.05) is 5.32 Å². The molecule has 0 saturated carbocycles. The maximum absolute atomic E-state index is 5.94. The van der Waals surface area contributed by atoms with Gasteiger partial charge < -0.3 is 10.1 Å². The Bertz CT molecular complexity index is 1020. The number of hydrogen-bond donors (Lipinski definition) is 1. The number of nitrogens with one attached hydrogen (secondary N) is 1. The molecule has 128 valence electrons. The molecule has 2 aromatic heterocycles. The maximum atomic E-state index is 5.94. The molecule has 26 heavy (non-hydrogen) atoms. The summed E-state index contributed by atoms with van der Waals surface area (Å²) in [5.74, 6) is 1.16. The Morgan fingerprint density at radius 3 is 2.46 bits per heavy atom. The smallest absolute Gasteiger partial charge is 0.241 e. The second-order valence-corrected chi connectivity index (χ2v) is 6.12. The van der Waals surface area contributed by atoms with E-state index in [1.165, 1.54) is 0 Å². The van der Waals surface area contributed by atoms with Crippen molar-refractivity contribution in [1.82, 2.24) is 15.2 Å². The van der Waals surface area contributed by atoms with Gasteiger partial charge in [0.05, 0.1) is 0 Å². The van der Waals surface area contributed by atoms with E-state index in [2.05, 4.69) is 20.5 Å². The summed E-state index contributed by atoms with van der Waals surface area (Å²) in [5, 5.41) is 14.3. The van der Waals surface area contributed by atoms with E-state index in [0.717, 1.165) is 22.0 Å². The highest BCUT2D eigenvalue weighted by atomic mass is 35.5. The van der Waals surface area contributed by atoms with Crippen molar-refractivity contribution >= 4 is 33.9 Å². The highest BCUT2D eigenvalue weighted by Gasteiger charge is 2.10. The summed E-state index contributed by atoms with van der Waals surface area (Å²) in [6.45, 7) is 0.385. The van der Waals surface area contributed by atoms with Gasteiger partial charge in [-0.2, -0.15) is 0 Å². The van der Waals surface area contributed by atoms with Gasteiger partial charge in [-0.3, -0.25) is 4.98 Å². The minimum absolute atomic E-state index is 0.385. The molecule has 1 N–H and O–H groups in total. The SMILES string of the molecule is Clc1ccc(Nc2nnc(OCc3cccnc3)c3ccccc23)cc1. The topological polar surface area (TPSA) is 59.9 Å². The van der Waals surface area contributed by atoms with Crippen LogP contribution >= 0.6 is 11.6 Å². The average molecular weight is 363 g/mol. The zero-order valence-corrected chi connectivity index (χ0v) is 14.5. The summed E-state index contributed by atoms with van der Waals surface area (Å²) in [5.41, 5.74) is 1.86. The standard InChI is InChI=1S/C20H15ClN4O/c21-15-7-9-16(10-8-15)23-19-17-5-1-2-6-18(17)20(25-24-19)26-13-14-4-3-11-22-12-14/h1-12H,13H2,(H,23,24). The zero-order chi connectivity index (χ0) is 17.8. The van der Waals surface area contributed by atoms with Gasteiger partial charge in [-0.25, -0.2) is 0 Å². The molecule has 0 unspecified atom stereocenters. The number of anilines is 2. The van der Waals surface area contributed by atoms with Gasteiger partial charge in [-0.15, -0.1) is 10.2 Å². The van der Waals surface area contributed by atoms with Gasteiger partial charge in [0, 0.05) is 39.4 Å². The number of benzene rings is 2. The molecule has 4 aromatic rings. The molecule has 2 aromatic carbocycles. The Morgan fingerprint density at radius 1 is 0.885 bits per heavy atom. The minimum atomic E-state index is 0.385. The molecule has 0 aliphatic heterocycles. The van der Waals surface area contributed by atoms with Gasteiger partial charge in [-0.05, 0) is 36.4 Å². The molecular weight excluding hydrogens is 348 g/mol. The molecule has 2 heterocycles. The lowest BCUT2D eigenvalue weighted by Gasteiger charge is -2.12. The van der Waals surface area contributed by atoms with Crippen LogP contribution in [0.1, 0.15) is 5.56 Å². The first-order chi connectivity index (χ1) is 12.8. The molecule has 0 aliphatic carbocycles. The van der Waals surface area contributed by atoms with Gasteiger partial charge in [0.1, 0.15) is 6.61 Å². The van der Waals surface area contributed by atoms with Crippen molar-refractivity contribution in [3.63, 3.8) is 0 Å². The fraction of sp³-hybridized carbons (Fsp3) is 0.0500. The molecule has 0 aliphatic rings. The number of fused-ring (bicyclic) bond motifs is 1. The van der Waals surface area contributed by atoms with Crippen molar-refractivity contribution in [2.45, 2.75) is 6.61 Å². The third kappa shape index (κ3) is 3.58. The van der Waals surface area contributed by atoms with Crippen LogP contribution in [0.15, 0.2) is 73.1 Å². The molecular formula is C20H15ClN4O. The van der Waals surface area contributed by atoms with Crippen LogP contribution in [0.3, 0.4) is 0 Å². The Balaban J connectivity index is 1.63. The van der Waals surface area contributed by atoms with Gasteiger partial charge in [0.15, 0.2) is 5.82 Å². The van der Waals surface area contributed by atoms with E-state index in [9.17, 15) is 0 Å². The maximum Gasteiger partial charge on any atom is 0.241 e. The van der Waals surface area contributed by atoms with E-state index in [1.807, 2.05) is 60.7 Å². The van der Waals surface area contributed by atoms with Gasteiger partial charge in [-0.1, -0.05) is 35.9 Å². The number of pyridine rings is 1. The van der Waals surface area contributed by atoms with Crippen LogP contribution in [-0.2, 0) is 6.61 Å². The summed E-state index contributed by atoms with van der Waals surface area (Å²) < 4.78 is 5.87. The number of aromatic nitrogens is 3. The van der Waals surface area contributed by atoms with E-state index in [-0.39, 0.29) is 0 Å². The van der Waals surface area contributed by atoms with Gasteiger partial charge in [0.2, 0.25) is 5.88 Å². The van der Waals surface area contributed by atoms with Crippen LogP contribution in [0.25, 0.3) is 10.8 Å². The lowest BCUT2D eigenvalue weighted by Crippen LogP contribution is -2.02. The van der Waals surface area contributed by atoms with Crippen molar-refractivity contribution in [1.29, 1.82) is 0 Å². The quantitative estimate of drug-likeness (QED) is 0.541. The number of halogens is 1. The number of rotatable bonds is 5. The summed E-state index contributed by atoms with van der Waals surface area (Å²) in [7, 11) is 0. The molecule has 5 nitrogen and oxygen atoms in total. The zero-order valence-electron chi connectivity index (χ0n) is 13.8. The van der Waals surface area contributed by atoms with Gasteiger partial charge >= 0.3 is 0 Å². The Labute approximate surface area is 155 Å². The number of nitrogens with zero attached hydrogens (tertiary/aromatic N) is 3. The van der Waals surface area contributed by atoms with Crippen LogP contribution in [0.2, 0.25) is 5.02 Å². The Kier molecular flexibility index (Phi) is 4.62. The fourth-order valence-corrected chi connectivity index (χ4v) is 2.71. The van der Waals surface area contributed by atoms with Crippen LogP contribution in [0.5, 0.6) is 5.88 Å². The lowest BCUT2D eigenvalue weighted by molar-refractivity contribution is 0.294. The van der Waals surface area contributed by atoms with E-state index < -0.39 is 0 Å². The van der Waals surface area contributed by atoms with E-state index in [1.54, 1.807) is 12.4 Å². The normalized spacial score (nSPS) is 10.7. The summed E-state index contributed by atoms with van der Waals surface area (Å²) in [4.78, 5) is 4.09. The lowest BCUT2D eigenvalue weighted by atomic mass is 10.2. The van der Waals surface area contributed by atoms with Crippen LogP contribution < -0.4 is 10.1 Å². The molecule has 0 saturated heterocycles. The Hall–Kier alpha value is -3.18. The van der Waals surface area contributed by atoms with Crippen LogP contribution in [-0.4, -0.2) is 15.2 Å². The van der Waals surface area contributed by atoms with Crippen molar-refractivity contribution in [3.05, 3.63) is 83.6 Å². The third-order valence-corrected chi connectivity index (χ3v) is 4.11. The summed E-state index contributed by atoms with van der Waals surface area (Å²) >= 11 is 5.94. The van der Waals surface area contributed by atoms with Crippen molar-refractivity contribution < 1.29 is 4.74 Å². The summed E-state index contributed by atoms with van der Waals surface area (Å²) in [6, 6.07) is 19.1. The van der Waals surface area contributed by atoms with E-state index in [0.29, 0.717) is 23.3 Å². The predicted octanol–water partition coefficient (Wildman–Crippen LogP) is 5.00. The molecule has 0 spiro atoms. The van der Waals surface area contributed by atoms with Gasteiger partial charge in [0.25, 0.3) is 0 Å². The first-order valence-electron chi connectivity index (χ1n) is 8.09. The number of hydrogen-bond acceptors (Lipinski definition) is 5.